The van der Waals surface area contributed by atoms with Crippen LogP contribution in [0.1, 0.15) is 37.3 Å². The highest BCUT2D eigenvalue weighted by Gasteiger charge is 2.14. The molecule has 0 saturated heterocycles. The average molecular weight is 432 g/mol. The molecule has 158 valence electrons. The number of nitrogens with one attached hydrogen (secondary N) is 1. The summed E-state index contributed by atoms with van der Waals surface area (Å²) in [6.07, 6.45) is 1.13. The fourth-order valence-corrected chi connectivity index (χ4v) is 3.40. The molecule has 10 heteroatoms. The second-order valence-electron chi connectivity index (χ2n) is 6.78. The van der Waals surface area contributed by atoms with Crippen molar-refractivity contribution in [2.75, 3.05) is 0 Å². The number of aryl methyl sites for hydroxylation is 1. The van der Waals surface area contributed by atoms with Crippen LogP contribution in [0.4, 0.5) is 4.39 Å². The number of aromatic nitrogens is 2. The molecule has 3 N–H and O–H groups in total. The van der Waals surface area contributed by atoms with E-state index in [9.17, 15) is 17.6 Å². The van der Waals surface area contributed by atoms with Crippen LogP contribution < -0.4 is 10.5 Å². The molecule has 0 radical (unpaired) electrons. The zero-order chi connectivity index (χ0) is 21.7. The summed E-state index contributed by atoms with van der Waals surface area (Å²) in [5, 5.41) is 11.8. The number of primary sulfonamides is 1. The van der Waals surface area contributed by atoms with Crippen LogP contribution in [0.2, 0.25) is 0 Å². The van der Waals surface area contributed by atoms with Crippen molar-refractivity contribution in [3.8, 4) is 11.4 Å². The quantitative estimate of drug-likeness (QED) is 0.563. The van der Waals surface area contributed by atoms with Gasteiger partial charge >= 0.3 is 0 Å². The Morgan fingerprint density at radius 2 is 1.97 bits per heavy atom. The van der Waals surface area contributed by atoms with E-state index in [0.29, 0.717) is 35.7 Å². The minimum Gasteiger partial charge on any atom is -0.350 e. The van der Waals surface area contributed by atoms with Crippen molar-refractivity contribution in [2.24, 2.45) is 5.14 Å². The average Bonchev–Trinajstić information content (AvgIpc) is 3.17. The van der Waals surface area contributed by atoms with Crippen LogP contribution in [0.3, 0.4) is 0 Å². The Kier molecular flexibility index (Phi) is 6.58. The molecule has 1 amide bonds. The molecule has 0 bridgehead atoms. The summed E-state index contributed by atoms with van der Waals surface area (Å²) in [5.41, 5.74) is 1.27. The van der Waals surface area contributed by atoms with Gasteiger partial charge in [0.15, 0.2) is 0 Å². The Morgan fingerprint density at radius 3 is 2.67 bits per heavy atom. The molecule has 3 aromatic rings. The van der Waals surface area contributed by atoms with Gasteiger partial charge in [-0.2, -0.15) is 4.98 Å². The lowest BCUT2D eigenvalue weighted by atomic mass is 10.1. The number of carbonyl (C=O) groups excluding carboxylic acids is 1. The van der Waals surface area contributed by atoms with Gasteiger partial charge in [-0.25, -0.2) is 17.9 Å². The number of sulfonamides is 1. The van der Waals surface area contributed by atoms with Crippen molar-refractivity contribution in [3.05, 3.63) is 65.8 Å². The first-order chi connectivity index (χ1) is 14.2. The molecule has 0 saturated carbocycles. The van der Waals surface area contributed by atoms with E-state index in [1.165, 1.54) is 24.3 Å². The largest absolute Gasteiger partial charge is 0.350 e. The smallest absolute Gasteiger partial charge is 0.238 e. The van der Waals surface area contributed by atoms with Gasteiger partial charge in [0.1, 0.15) is 5.82 Å². The van der Waals surface area contributed by atoms with Crippen LogP contribution in [-0.4, -0.2) is 24.5 Å². The van der Waals surface area contributed by atoms with Crippen molar-refractivity contribution in [3.63, 3.8) is 0 Å². The van der Waals surface area contributed by atoms with Crippen molar-refractivity contribution < 1.29 is 22.1 Å². The lowest BCUT2D eigenvalue weighted by Crippen LogP contribution is -2.26. The van der Waals surface area contributed by atoms with E-state index in [2.05, 4.69) is 15.5 Å². The van der Waals surface area contributed by atoms with E-state index in [4.69, 9.17) is 9.66 Å². The molecule has 1 unspecified atom stereocenters. The molecule has 30 heavy (non-hydrogen) atoms. The first kappa shape index (κ1) is 21.6. The molecule has 1 atom stereocenters. The summed E-state index contributed by atoms with van der Waals surface area (Å²) in [7, 11) is -3.81. The Bertz CT molecular complexity index is 1130. The van der Waals surface area contributed by atoms with Crippen LogP contribution in [0.25, 0.3) is 11.4 Å². The Labute approximate surface area is 173 Å². The third-order valence-corrected chi connectivity index (χ3v) is 5.34. The first-order valence-electron chi connectivity index (χ1n) is 9.23. The van der Waals surface area contributed by atoms with E-state index >= 15 is 0 Å². The van der Waals surface area contributed by atoms with Gasteiger partial charge in [-0.05, 0) is 55.3 Å². The van der Waals surface area contributed by atoms with Gasteiger partial charge in [0.05, 0.1) is 10.9 Å². The van der Waals surface area contributed by atoms with E-state index in [1.54, 1.807) is 31.2 Å². The normalized spacial score (nSPS) is 12.5. The van der Waals surface area contributed by atoms with Gasteiger partial charge in [-0.15, -0.1) is 0 Å². The second-order valence-corrected chi connectivity index (χ2v) is 8.34. The SMILES string of the molecule is CC(NC(=O)CCCc1nc(-c2ccc(F)cc2)no1)c1cccc(S(N)(=O)=O)c1. The van der Waals surface area contributed by atoms with Gasteiger partial charge in [0, 0.05) is 18.4 Å². The Hall–Kier alpha value is -3.11. The van der Waals surface area contributed by atoms with E-state index in [-0.39, 0.29) is 29.1 Å². The number of rotatable bonds is 8. The molecular weight excluding hydrogens is 411 g/mol. The molecule has 2 aromatic carbocycles. The van der Waals surface area contributed by atoms with Crippen molar-refractivity contribution in [2.45, 2.75) is 37.1 Å². The van der Waals surface area contributed by atoms with Gasteiger partial charge in [0.25, 0.3) is 0 Å². The predicted molar refractivity (Wildman–Crippen MR) is 107 cm³/mol. The zero-order valence-electron chi connectivity index (χ0n) is 16.2. The number of nitrogens with zero attached hydrogens (tertiary/aromatic N) is 2. The van der Waals surface area contributed by atoms with Crippen molar-refractivity contribution in [1.29, 1.82) is 0 Å². The summed E-state index contributed by atoms with van der Waals surface area (Å²) in [6, 6.07) is 11.5. The number of hydrogen-bond acceptors (Lipinski definition) is 6. The van der Waals surface area contributed by atoms with Gasteiger partial charge in [-0.1, -0.05) is 17.3 Å². The maximum absolute atomic E-state index is 13.0. The van der Waals surface area contributed by atoms with Crippen molar-refractivity contribution >= 4 is 15.9 Å². The Balaban J connectivity index is 1.50. The number of carbonyl (C=O) groups is 1. The van der Waals surface area contributed by atoms with Crippen LogP contribution in [0.5, 0.6) is 0 Å². The number of nitrogens with two attached hydrogens (primary N) is 1. The summed E-state index contributed by atoms with van der Waals surface area (Å²) >= 11 is 0. The molecule has 8 nitrogen and oxygen atoms in total. The summed E-state index contributed by atoms with van der Waals surface area (Å²) in [6.45, 7) is 1.76. The maximum atomic E-state index is 13.0. The third kappa shape index (κ3) is 5.71. The lowest BCUT2D eigenvalue weighted by molar-refractivity contribution is -0.121. The highest BCUT2D eigenvalue weighted by atomic mass is 32.2. The summed E-state index contributed by atoms with van der Waals surface area (Å²) in [5.74, 6) is 0.203. The second kappa shape index (κ2) is 9.14. The number of halogens is 1. The summed E-state index contributed by atoms with van der Waals surface area (Å²) in [4.78, 5) is 16.4. The van der Waals surface area contributed by atoms with E-state index in [0.717, 1.165) is 0 Å². The standard InChI is InChI=1S/C20H21FN4O4S/c1-13(15-4-2-5-17(12-15)30(22,27)28)23-18(26)6-3-7-19-24-20(25-29-19)14-8-10-16(21)11-9-14/h2,4-5,8-13H,3,6-7H2,1H3,(H,23,26)(H2,22,27,28). The van der Waals surface area contributed by atoms with E-state index in [1.807, 2.05) is 0 Å². The molecule has 0 spiro atoms. The van der Waals surface area contributed by atoms with Crippen LogP contribution in [0.15, 0.2) is 57.9 Å². The van der Waals surface area contributed by atoms with Gasteiger partial charge < -0.3 is 9.84 Å². The van der Waals surface area contributed by atoms with E-state index < -0.39 is 10.0 Å². The highest BCUT2D eigenvalue weighted by molar-refractivity contribution is 7.89. The topological polar surface area (TPSA) is 128 Å². The summed E-state index contributed by atoms with van der Waals surface area (Å²) < 4.78 is 41.1. The Morgan fingerprint density at radius 1 is 1.23 bits per heavy atom. The molecular formula is C20H21FN4O4S. The molecule has 1 aromatic heterocycles. The maximum Gasteiger partial charge on any atom is 0.238 e. The fraction of sp³-hybridized carbons (Fsp3) is 0.250. The number of amides is 1. The van der Waals surface area contributed by atoms with Crippen LogP contribution >= 0.6 is 0 Å². The van der Waals surface area contributed by atoms with Crippen LogP contribution in [-0.2, 0) is 21.2 Å². The van der Waals surface area contributed by atoms with Gasteiger partial charge in [0.2, 0.25) is 27.6 Å². The zero-order valence-corrected chi connectivity index (χ0v) is 17.0. The fourth-order valence-electron chi connectivity index (χ4n) is 2.83. The van der Waals surface area contributed by atoms with Gasteiger partial charge in [-0.3, -0.25) is 4.79 Å². The number of benzene rings is 2. The first-order valence-corrected chi connectivity index (χ1v) is 10.8. The minimum absolute atomic E-state index is 0.00514. The third-order valence-electron chi connectivity index (χ3n) is 4.43. The number of hydrogen-bond donors (Lipinski definition) is 2. The van der Waals surface area contributed by atoms with Crippen molar-refractivity contribution in [1.82, 2.24) is 15.5 Å². The van der Waals surface area contributed by atoms with Crippen LogP contribution in [0, 0.1) is 5.82 Å². The lowest BCUT2D eigenvalue weighted by Gasteiger charge is -2.15. The highest BCUT2D eigenvalue weighted by Crippen LogP contribution is 2.18. The molecule has 0 fully saturated rings. The molecule has 3 rings (SSSR count). The minimum atomic E-state index is -3.81. The molecule has 1 heterocycles. The molecule has 0 aliphatic carbocycles. The molecule has 0 aliphatic rings. The monoisotopic (exact) mass is 432 g/mol. The predicted octanol–water partition coefficient (Wildman–Crippen LogP) is 2.72. The molecule has 0 aliphatic heterocycles.